The lowest BCUT2D eigenvalue weighted by Gasteiger charge is -2.30. The molecule has 0 saturated heterocycles. The number of rotatable bonds is 6. The molecule has 2 fully saturated rings. The number of nitrogens with two attached hydrogens (primary N) is 1. The second-order valence-corrected chi connectivity index (χ2v) is 9.95. The Balaban J connectivity index is 1.67. The summed E-state index contributed by atoms with van der Waals surface area (Å²) in [6, 6.07) is 6.71. The van der Waals surface area contributed by atoms with E-state index in [1.807, 2.05) is 0 Å². The van der Waals surface area contributed by atoms with Gasteiger partial charge in [-0.3, -0.25) is 4.79 Å². The predicted molar refractivity (Wildman–Crippen MR) is 107 cm³/mol. The van der Waals surface area contributed by atoms with Crippen molar-refractivity contribution in [3.8, 4) is 0 Å². The Morgan fingerprint density at radius 2 is 1.89 bits per heavy atom. The molecule has 1 aromatic rings. The van der Waals surface area contributed by atoms with Gasteiger partial charge in [0.1, 0.15) is 0 Å². The van der Waals surface area contributed by atoms with Crippen molar-refractivity contribution >= 4 is 21.6 Å². The largest absolute Gasteiger partial charge is 0.327 e. The van der Waals surface area contributed by atoms with Crippen LogP contribution in [-0.2, 0) is 14.8 Å². The van der Waals surface area contributed by atoms with Crippen LogP contribution in [0.4, 0.5) is 5.69 Å². The number of hydrogen-bond acceptors (Lipinski definition) is 4. The Hall–Kier alpha value is -1.44. The topological polar surface area (TPSA) is 92.5 Å². The van der Waals surface area contributed by atoms with Gasteiger partial charge >= 0.3 is 0 Å². The zero-order valence-corrected chi connectivity index (χ0v) is 16.9. The fraction of sp³-hybridized carbons (Fsp3) is 0.650. The van der Waals surface area contributed by atoms with Gasteiger partial charge in [-0.1, -0.05) is 31.7 Å². The third-order valence-electron chi connectivity index (χ3n) is 6.05. The fourth-order valence-electron chi connectivity index (χ4n) is 4.31. The lowest BCUT2D eigenvalue weighted by atomic mass is 9.96. The number of carbonyl (C=O) groups is 1. The summed E-state index contributed by atoms with van der Waals surface area (Å²) < 4.78 is 27.5. The maximum atomic E-state index is 13.0. The summed E-state index contributed by atoms with van der Waals surface area (Å²) in [6.07, 6.45) is 8.56. The normalized spacial score (nSPS) is 24.3. The minimum absolute atomic E-state index is 0.0610. The molecule has 3 N–H and O–H groups in total. The van der Waals surface area contributed by atoms with E-state index in [9.17, 15) is 13.2 Å². The Kier molecular flexibility index (Phi) is 6.55. The average molecular weight is 394 g/mol. The molecule has 150 valence electrons. The van der Waals surface area contributed by atoms with Crippen molar-refractivity contribution in [2.24, 2.45) is 11.7 Å². The van der Waals surface area contributed by atoms with E-state index in [1.54, 1.807) is 31.3 Å². The standard InChI is InChI=1S/C20H31N3O3S/c1-23(17-9-3-2-4-10-17)27(25,26)18-11-6-8-16(14-18)22-20(24)13-15-7-5-12-19(15)21/h6,8,11,14-15,17,19H,2-5,7,9-10,12-13,21H2,1H3,(H,22,24)/t15-,19+/m0/s1. The molecule has 0 aliphatic heterocycles. The van der Waals surface area contributed by atoms with Crippen LogP contribution in [0, 0.1) is 5.92 Å². The fourth-order valence-corrected chi connectivity index (χ4v) is 5.77. The lowest BCUT2D eigenvalue weighted by molar-refractivity contribution is -0.117. The minimum Gasteiger partial charge on any atom is -0.327 e. The number of benzene rings is 1. The lowest BCUT2D eigenvalue weighted by Crippen LogP contribution is -2.38. The first-order valence-corrected chi connectivity index (χ1v) is 11.5. The van der Waals surface area contributed by atoms with Gasteiger partial charge in [-0.15, -0.1) is 0 Å². The molecular weight excluding hydrogens is 362 g/mol. The molecule has 0 heterocycles. The van der Waals surface area contributed by atoms with Crippen molar-refractivity contribution in [2.45, 2.75) is 74.8 Å². The zero-order valence-electron chi connectivity index (χ0n) is 16.1. The molecule has 1 amide bonds. The number of carbonyl (C=O) groups excluding carboxylic acids is 1. The van der Waals surface area contributed by atoms with Crippen molar-refractivity contribution in [2.75, 3.05) is 12.4 Å². The highest BCUT2D eigenvalue weighted by atomic mass is 32.2. The number of nitrogens with one attached hydrogen (secondary N) is 1. The highest BCUT2D eigenvalue weighted by Gasteiger charge is 2.29. The SMILES string of the molecule is CN(C1CCCCC1)S(=O)(=O)c1cccc(NC(=O)C[C@@H]2CCC[C@H]2N)c1. The van der Waals surface area contributed by atoms with Gasteiger partial charge in [0.25, 0.3) is 0 Å². The van der Waals surface area contributed by atoms with E-state index < -0.39 is 10.0 Å². The van der Waals surface area contributed by atoms with Crippen LogP contribution in [0.3, 0.4) is 0 Å². The number of sulfonamides is 1. The maximum absolute atomic E-state index is 13.0. The molecule has 27 heavy (non-hydrogen) atoms. The van der Waals surface area contributed by atoms with Gasteiger partial charge in [-0.2, -0.15) is 4.31 Å². The predicted octanol–water partition coefficient (Wildman–Crippen LogP) is 3.10. The van der Waals surface area contributed by atoms with Crippen molar-refractivity contribution in [1.29, 1.82) is 0 Å². The number of hydrogen-bond donors (Lipinski definition) is 2. The number of nitrogens with zero attached hydrogens (tertiary/aromatic N) is 1. The molecule has 0 spiro atoms. The van der Waals surface area contributed by atoms with E-state index in [-0.39, 0.29) is 28.8 Å². The van der Waals surface area contributed by atoms with Gasteiger partial charge in [-0.25, -0.2) is 8.42 Å². The summed E-state index contributed by atoms with van der Waals surface area (Å²) in [4.78, 5) is 12.6. The zero-order chi connectivity index (χ0) is 19.4. The highest BCUT2D eigenvalue weighted by Crippen LogP contribution is 2.29. The van der Waals surface area contributed by atoms with Crippen LogP contribution < -0.4 is 11.1 Å². The van der Waals surface area contributed by atoms with Crippen molar-refractivity contribution in [1.82, 2.24) is 4.31 Å². The molecule has 0 aromatic heterocycles. The van der Waals surface area contributed by atoms with Crippen LogP contribution in [0.1, 0.15) is 57.8 Å². The first-order valence-electron chi connectivity index (χ1n) is 10.0. The summed E-state index contributed by atoms with van der Waals surface area (Å²) >= 11 is 0. The van der Waals surface area contributed by atoms with Crippen LogP contribution in [0.2, 0.25) is 0 Å². The molecule has 0 radical (unpaired) electrons. The summed E-state index contributed by atoms with van der Waals surface area (Å²) in [7, 11) is -1.90. The molecule has 2 aliphatic carbocycles. The number of anilines is 1. The third-order valence-corrected chi connectivity index (χ3v) is 7.96. The van der Waals surface area contributed by atoms with Gasteiger partial charge in [0.15, 0.2) is 0 Å². The van der Waals surface area contributed by atoms with E-state index in [2.05, 4.69) is 5.32 Å². The van der Waals surface area contributed by atoms with Crippen molar-refractivity contribution in [3.63, 3.8) is 0 Å². The quantitative estimate of drug-likeness (QED) is 0.777. The smallest absolute Gasteiger partial charge is 0.243 e. The van der Waals surface area contributed by atoms with Crippen LogP contribution in [0.15, 0.2) is 29.2 Å². The van der Waals surface area contributed by atoms with Crippen LogP contribution in [0.25, 0.3) is 0 Å². The van der Waals surface area contributed by atoms with E-state index in [0.717, 1.165) is 44.9 Å². The summed E-state index contributed by atoms with van der Waals surface area (Å²) in [5, 5.41) is 2.84. The Bertz CT molecular complexity index is 759. The molecule has 1 aromatic carbocycles. The van der Waals surface area contributed by atoms with E-state index in [4.69, 9.17) is 5.73 Å². The number of amides is 1. The van der Waals surface area contributed by atoms with Gasteiger partial charge in [-0.05, 0) is 49.8 Å². The average Bonchev–Trinajstić information content (AvgIpc) is 3.06. The summed E-state index contributed by atoms with van der Waals surface area (Å²) in [6.45, 7) is 0. The first-order chi connectivity index (χ1) is 12.9. The van der Waals surface area contributed by atoms with E-state index in [0.29, 0.717) is 12.1 Å². The summed E-state index contributed by atoms with van der Waals surface area (Å²) in [5.74, 6) is 0.113. The molecule has 7 heteroatoms. The van der Waals surface area contributed by atoms with Crippen molar-refractivity contribution in [3.05, 3.63) is 24.3 Å². The first kappa shape index (κ1) is 20.3. The molecule has 0 unspecified atom stereocenters. The van der Waals surface area contributed by atoms with E-state index in [1.165, 1.54) is 10.7 Å². The Morgan fingerprint density at radius 3 is 2.56 bits per heavy atom. The second-order valence-electron chi connectivity index (χ2n) is 7.95. The molecule has 2 atom stereocenters. The van der Waals surface area contributed by atoms with E-state index >= 15 is 0 Å². The molecule has 2 saturated carbocycles. The van der Waals surface area contributed by atoms with Crippen LogP contribution in [0.5, 0.6) is 0 Å². The maximum Gasteiger partial charge on any atom is 0.243 e. The van der Waals surface area contributed by atoms with Gasteiger partial charge in [0.2, 0.25) is 15.9 Å². The van der Waals surface area contributed by atoms with Gasteiger partial charge in [0, 0.05) is 31.2 Å². The van der Waals surface area contributed by atoms with Crippen LogP contribution in [-0.4, -0.2) is 37.8 Å². The van der Waals surface area contributed by atoms with Crippen LogP contribution >= 0.6 is 0 Å². The molecule has 6 nitrogen and oxygen atoms in total. The van der Waals surface area contributed by atoms with Gasteiger partial charge < -0.3 is 11.1 Å². The van der Waals surface area contributed by atoms with Gasteiger partial charge in [0.05, 0.1) is 4.90 Å². The minimum atomic E-state index is -3.57. The highest BCUT2D eigenvalue weighted by molar-refractivity contribution is 7.89. The molecule has 0 bridgehead atoms. The molecule has 2 aliphatic rings. The van der Waals surface area contributed by atoms with Crippen molar-refractivity contribution < 1.29 is 13.2 Å². The Labute approximate surface area is 162 Å². The second kappa shape index (κ2) is 8.71. The monoisotopic (exact) mass is 393 g/mol. The molecular formula is C20H31N3O3S. The summed E-state index contributed by atoms with van der Waals surface area (Å²) in [5.41, 5.74) is 6.56. The molecule has 3 rings (SSSR count). The third kappa shape index (κ3) is 4.89. The Morgan fingerprint density at radius 1 is 1.15 bits per heavy atom.